The van der Waals surface area contributed by atoms with E-state index in [1.54, 1.807) is 30.0 Å². The molecule has 0 bridgehead atoms. The van der Waals surface area contributed by atoms with Crippen molar-refractivity contribution in [3.63, 3.8) is 0 Å². The molecule has 1 unspecified atom stereocenters. The zero-order chi connectivity index (χ0) is 21.5. The lowest BCUT2D eigenvalue weighted by molar-refractivity contribution is 0.214. The van der Waals surface area contributed by atoms with Crippen molar-refractivity contribution < 1.29 is 14.2 Å². The van der Waals surface area contributed by atoms with E-state index in [-0.39, 0.29) is 5.82 Å². The molecule has 3 aromatic carbocycles. The first-order chi connectivity index (χ1) is 15.1. The van der Waals surface area contributed by atoms with Gasteiger partial charge in [-0.25, -0.2) is 4.39 Å². The molecule has 1 saturated carbocycles. The Kier molecular flexibility index (Phi) is 5.16. The van der Waals surface area contributed by atoms with Crippen molar-refractivity contribution in [3.05, 3.63) is 93.9 Å². The molecule has 4 aromatic rings. The molecule has 1 aromatic heterocycles. The number of hydrogen-bond acceptors (Lipinski definition) is 3. The van der Waals surface area contributed by atoms with Gasteiger partial charge in [-0.2, -0.15) is 5.10 Å². The Morgan fingerprint density at radius 1 is 1.13 bits per heavy atom. The molecule has 0 aliphatic heterocycles. The number of methoxy groups -OCH3 is 1. The number of para-hydroxylation sites is 1. The Labute approximate surface area is 184 Å². The summed E-state index contributed by atoms with van der Waals surface area (Å²) in [4.78, 5) is 0. The van der Waals surface area contributed by atoms with Gasteiger partial charge in [-0.05, 0) is 54.2 Å². The Morgan fingerprint density at radius 3 is 2.58 bits per heavy atom. The van der Waals surface area contributed by atoms with Crippen LogP contribution in [0.4, 0.5) is 4.39 Å². The number of aromatic nitrogens is 2. The van der Waals surface area contributed by atoms with Gasteiger partial charge in [0.15, 0.2) is 0 Å². The van der Waals surface area contributed by atoms with Crippen LogP contribution in [0, 0.1) is 5.82 Å². The van der Waals surface area contributed by atoms with Crippen molar-refractivity contribution in [2.75, 3.05) is 7.11 Å². The third-order valence-electron chi connectivity index (χ3n) is 5.88. The van der Waals surface area contributed by atoms with E-state index >= 15 is 0 Å². The van der Waals surface area contributed by atoms with Gasteiger partial charge in [-0.3, -0.25) is 4.68 Å². The average Bonchev–Trinajstić information content (AvgIpc) is 3.56. The lowest BCUT2D eigenvalue weighted by Crippen LogP contribution is -2.08. The predicted molar refractivity (Wildman–Crippen MR) is 119 cm³/mol. The minimum Gasteiger partial charge on any atom is -0.497 e. The third kappa shape index (κ3) is 3.68. The molecule has 6 heteroatoms. The Hall–Kier alpha value is -2.89. The van der Waals surface area contributed by atoms with Crippen molar-refractivity contribution in [3.8, 4) is 5.75 Å². The van der Waals surface area contributed by atoms with Crippen LogP contribution in [-0.2, 0) is 6.54 Å². The second-order valence-corrected chi connectivity index (χ2v) is 8.35. The van der Waals surface area contributed by atoms with Gasteiger partial charge in [-0.15, -0.1) is 0 Å². The van der Waals surface area contributed by atoms with Crippen LogP contribution in [0.5, 0.6) is 5.75 Å². The van der Waals surface area contributed by atoms with E-state index < -0.39 is 6.10 Å². The molecule has 1 aliphatic carbocycles. The number of nitrogens with zero attached hydrogens (tertiary/aromatic N) is 2. The van der Waals surface area contributed by atoms with Gasteiger partial charge in [0, 0.05) is 16.0 Å². The van der Waals surface area contributed by atoms with E-state index in [2.05, 4.69) is 5.10 Å². The fraction of sp³-hybridized carbons (Fsp3) is 0.240. The summed E-state index contributed by atoms with van der Waals surface area (Å²) in [7, 11) is 1.61. The van der Waals surface area contributed by atoms with Crippen LogP contribution in [0.15, 0.2) is 60.7 Å². The van der Waals surface area contributed by atoms with Crippen LogP contribution in [0.1, 0.15) is 47.2 Å². The number of aliphatic hydroxyl groups excluding tert-OH is 1. The van der Waals surface area contributed by atoms with Crippen LogP contribution in [-0.4, -0.2) is 22.0 Å². The molecule has 1 N–H and O–H groups in total. The van der Waals surface area contributed by atoms with E-state index in [9.17, 15) is 9.50 Å². The second-order valence-electron chi connectivity index (χ2n) is 7.95. The Bertz CT molecular complexity index is 1250. The van der Waals surface area contributed by atoms with Gasteiger partial charge in [0.1, 0.15) is 28.9 Å². The highest BCUT2D eigenvalue weighted by molar-refractivity contribution is 6.31. The van der Waals surface area contributed by atoms with Crippen molar-refractivity contribution in [2.24, 2.45) is 0 Å². The van der Waals surface area contributed by atoms with E-state index in [0.29, 0.717) is 39.6 Å². The van der Waals surface area contributed by atoms with Crippen LogP contribution in [0.3, 0.4) is 0 Å². The SMILES string of the molecule is COc1ccc(Cn2nc(C(O)c3c(Cl)cccc3C3CC3)c3cccc(F)c32)cc1. The molecule has 5 rings (SSSR count). The standard InChI is InChI=1S/C25H22ClFN2O2/c1-31-17-12-8-15(9-13-17)14-29-24-19(5-3-7-21(24)27)23(28-29)25(30)22-18(16-10-11-16)4-2-6-20(22)26/h2-9,12-13,16,25,30H,10-11,14H2,1H3. The fourth-order valence-electron chi connectivity index (χ4n) is 4.17. The highest BCUT2D eigenvalue weighted by atomic mass is 35.5. The molecule has 158 valence electrons. The number of rotatable bonds is 6. The highest BCUT2D eigenvalue weighted by Gasteiger charge is 2.31. The molecule has 0 saturated heterocycles. The molecule has 4 nitrogen and oxygen atoms in total. The van der Waals surface area contributed by atoms with E-state index in [1.807, 2.05) is 36.4 Å². The molecule has 1 heterocycles. The summed E-state index contributed by atoms with van der Waals surface area (Å²) < 4.78 is 21.7. The van der Waals surface area contributed by atoms with Crippen molar-refractivity contribution >= 4 is 22.5 Å². The van der Waals surface area contributed by atoms with Gasteiger partial charge in [0.2, 0.25) is 0 Å². The van der Waals surface area contributed by atoms with Gasteiger partial charge < -0.3 is 9.84 Å². The zero-order valence-corrected chi connectivity index (χ0v) is 17.8. The van der Waals surface area contributed by atoms with Crippen molar-refractivity contribution in [1.29, 1.82) is 0 Å². The van der Waals surface area contributed by atoms with Gasteiger partial charge >= 0.3 is 0 Å². The number of fused-ring (bicyclic) bond motifs is 1. The Morgan fingerprint density at radius 2 is 1.87 bits per heavy atom. The molecule has 0 radical (unpaired) electrons. The number of benzene rings is 3. The molecule has 1 atom stereocenters. The van der Waals surface area contributed by atoms with Crippen LogP contribution in [0.25, 0.3) is 10.9 Å². The molecular weight excluding hydrogens is 415 g/mol. The average molecular weight is 437 g/mol. The van der Waals surface area contributed by atoms with E-state index in [4.69, 9.17) is 16.3 Å². The normalized spacial score (nSPS) is 14.7. The monoisotopic (exact) mass is 436 g/mol. The number of halogens is 2. The summed E-state index contributed by atoms with van der Waals surface area (Å²) in [5.41, 5.74) is 3.46. The smallest absolute Gasteiger partial charge is 0.149 e. The van der Waals surface area contributed by atoms with E-state index in [1.165, 1.54) is 6.07 Å². The first kappa shape index (κ1) is 20.0. The predicted octanol–water partition coefficient (Wildman–Crippen LogP) is 5.84. The minimum atomic E-state index is -1.04. The maximum absolute atomic E-state index is 14.9. The largest absolute Gasteiger partial charge is 0.497 e. The first-order valence-electron chi connectivity index (χ1n) is 10.3. The fourth-order valence-corrected chi connectivity index (χ4v) is 4.45. The Balaban J connectivity index is 1.61. The quantitative estimate of drug-likeness (QED) is 0.412. The topological polar surface area (TPSA) is 47.3 Å². The van der Waals surface area contributed by atoms with Crippen molar-refractivity contribution in [2.45, 2.75) is 31.4 Å². The molecule has 31 heavy (non-hydrogen) atoms. The molecule has 1 fully saturated rings. The zero-order valence-electron chi connectivity index (χ0n) is 17.1. The summed E-state index contributed by atoms with van der Waals surface area (Å²) in [5.74, 6) is 0.786. The number of hydrogen-bond donors (Lipinski definition) is 1. The molecule has 0 amide bonds. The lowest BCUT2D eigenvalue weighted by Gasteiger charge is -2.16. The van der Waals surface area contributed by atoms with Gasteiger partial charge in [-0.1, -0.05) is 48.0 Å². The number of ether oxygens (including phenoxy) is 1. The first-order valence-corrected chi connectivity index (χ1v) is 10.7. The maximum Gasteiger partial charge on any atom is 0.149 e. The minimum absolute atomic E-state index is 0.367. The van der Waals surface area contributed by atoms with E-state index in [0.717, 1.165) is 29.7 Å². The molecule has 1 aliphatic rings. The second kappa shape index (κ2) is 7.98. The summed E-state index contributed by atoms with van der Waals surface area (Å²) in [6, 6.07) is 18.1. The van der Waals surface area contributed by atoms with Gasteiger partial charge in [0.25, 0.3) is 0 Å². The van der Waals surface area contributed by atoms with Crippen LogP contribution in [0.2, 0.25) is 5.02 Å². The maximum atomic E-state index is 14.9. The highest BCUT2D eigenvalue weighted by Crippen LogP contribution is 2.46. The summed E-state index contributed by atoms with van der Waals surface area (Å²) in [6.45, 7) is 0.367. The van der Waals surface area contributed by atoms with Crippen LogP contribution >= 0.6 is 11.6 Å². The van der Waals surface area contributed by atoms with Crippen molar-refractivity contribution in [1.82, 2.24) is 9.78 Å². The summed E-state index contributed by atoms with van der Waals surface area (Å²) in [5, 5.41) is 17.1. The van der Waals surface area contributed by atoms with Gasteiger partial charge in [0.05, 0.1) is 13.7 Å². The molecular formula is C25H22ClFN2O2. The number of aliphatic hydroxyl groups is 1. The third-order valence-corrected chi connectivity index (χ3v) is 6.21. The lowest BCUT2D eigenvalue weighted by atomic mass is 9.95. The summed E-state index contributed by atoms with van der Waals surface area (Å²) in [6.07, 6.45) is 1.13. The van der Waals surface area contributed by atoms with Crippen LogP contribution < -0.4 is 4.74 Å². The molecule has 0 spiro atoms. The summed E-state index contributed by atoms with van der Waals surface area (Å²) >= 11 is 6.51.